The molecule has 0 bridgehead atoms. The molecule has 5 heteroatoms. The molecule has 0 spiro atoms. The van der Waals surface area contributed by atoms with E-state index in [1.165, 1.54) is 6.07 Å². The van der Waals surface area contributed by atoms with Crippen LogP contribution in [0.5, 0.6) is 0 Å². The van der Waals surface area contributed by atoms with Crippen molar-refractivity contribution in [2.45, 2.75) is 32.6 Å². The average Bonchev–Trinajstić information content (AvgIpc) is 2.67. The van der Waals surface area contributed by atoms with Crippen LogP contribution in [0.4, 0.5) is 10.2 Å². The van der Waals surface area contributed by atoms with Crippen molar-refractivity contribution < 1.29 is 4.39 Å². The fourth-order valence-corrected chi connectivity index (χ4v) is 2.58. The van der Waals surface area contributed by atoms with Gasteiger partial charge in [0.2, 0.25) is 0 Å². The Morgan fingerprint density at radius 1 is 1.30 bits per heavy atom. The standard InChI is InChI=1S/C15H19ClFN3/c1-3-4-5-9-12-14(15(18)20(2)19-12)13-10(16)7-6-8-11(13)17/h6-8H,3-5,9,18H2,1-2H3. The van der Waals surface area contributed by atoms with Gasteiger partial charge in [0.05, 0.1) is 16.3 Å². The van der Waals surface area contributed by atoms with Gasteiger partial charge in [0, 0.05) is 12.6 Å². The first-order valence-electron chi connectivity index (χ1n) is 6.82. The van der Waals surface area contributed by atoms with Gasteiger partial charge in [-0.05, 0) is 25.0 Å². The summed E-state index contributed by atoms with van der Waals surface area (Å²) in [6.07, 6.45) is 4.02. The Balaban J connectivity index is 2.49. The summed E-state index contributed by atoms with van der Waals surface area (Å²) in [5.74, 6) is 0.0810. The van der Waals surface area contributed by atoms with Crippen molar-refractivity contribution in [3.05, 3.63) is 34.7 Å². The van der Waals surface area contributed by atoms with E-state index < -0.39 is 0 Å². The summed E-state index contributed by atoms with van der Waals surface area (Å²) in [6.45, 7) is 2.14. The largest absolute Gasteiger partial charge is 0.383 e. The van der Waals surface area contributed by atoms with E-state index in [4.69, 9.17) is 17.3 Å². The Kier molecular flexibility index (Phi) is 4.65. The van der Waals surface area contributed by atoms with Crippen molar-refractivity contribution in [1.29, 1.82) is 0 Å². The van der Waals surface area contributed by atoms with Gasteiger partial charge in [-0.15, -0.1) is 0 Å². The Hall–Kier alpha value is -1.55. The number of anilines is 1. The molecule has 0 radical (unpaired) electrons. The highest BCUT2D eigenvalue weighted by Crippen LogP contribution is 2.37. The lowest BCUT2D eigenvalue weighted by Crippen LogP contribution is -1.98. The quantitative estimate of drug-likeness (QED) is 0.840. The zero-order valence-electron chi connectivity index (χ0n) is 11.8. The molecule has 0 aliphatic rings. The molecule has 0 aliphatic heterocycles. The number of hydrogen-bond acceptors (Lipinski definition) is 2. The molecule has 20 heavy (non-hydrogen) atoms. The molecule has 0 saturated heterocycles. The zero-order chi connectivity index (χ0) is 14.7. The van der Waals surface area contributed by atoms with Gasteiger partial charge in [-0.3, -0.25) is 4.68 Å². The third-order valence-electron chi connectivity index (χ3n) is 3.39. The fourth-order valence-electron chi connectivity index (χ4n) is 2.32. The van der Waals surface area contributed by atoms with Crippen LogP contribution in [0.25, 0.3) is 11.1 Å². The Morgan fingerprint density at radius 2 is 2.05 bits per heavy atom. The Labute approximate surface area is 123 Å². The molecular weight excluding hydrogens is 277 g/mol. The van der Waals surface area contributed by atoms with Crippen molar-refractivity contribution >= 4 is 17.4 Å². The molecule has 2 rings (SSSR count). The molecule has 108 valence electrons. The van der Waals surface area contributed by atoms with Crippen molar-refractivity contribution in [2.75, 3.05) is 5.73 Å². The second-order valence-electron chi connectivity index (χ2n) is 4.88. The Bertz CT molecular complexity index is 587. The minimum atomic E-state index is -0.367. The van der Waals surface area contributed by atoms with E-state index in [1.807, 2.05) is 0 Å². The molecule has 0 aliphatic carbocycles. The maximum atomic E-state index is 14.1. The molecule has 0 amide bonds. The highest BCUT2D eigenvalue weighted by Gasteiger charge is 2.20. The summed E-state index contributed by atoms with van der Waals surface area (Å²) in [5, 5.41) is 4.77. The molecular formula is C15H19ClFN3. The minimum absolute atomic E-state index is 0.353. The van der Waals surface area contributed by atoms with Gasteiger partial charge < -0.3 is 5.73 Å². The minimum Gasteiger partial charge on any atom is -0.383 e. The number of nitrogens with two attached hydrogens (primary N) is 1. The highest BCUT2D eigenvalue weighted by molar-refractivity contribution is 6.33. The Morgan fingerprint density at radius 3 is 2.70 bits per heavy atom. The van der Waals surface area contributed by atoms with Crippen molar-refractivity contribution in [3.8, 4) is 11.1 Å². The van der Waals surface area contributed by atoms with E-state index in [2.05, 4.69) is 12.0 Å². The molecule has 1 aromatic heterocycles. The molecule has 1 heterocycles. The van der Waals surface area contributed by atoms with Gasteiger partial charge in [0.25, 0.3) is 0 Å². The van der Waals surface area contributed by atoms with Crippen LogP contribution in [0.3, 0.4) is 0 Å². The topological polar surface area (TPSA) is 43.8 Å². The monoisotopic (exact) mass is 295 g/mol. The van der Waals surface area contributed by atoms with Crippen LogP contribution < -0.4 is 5.73 Å². The first-order valence-corrected chi connectivity index (χ1v) is 7.19. The molecule has 0 atom stereocenters. The van der Waals surface area contributed by atoms with Crippen molar-refractivity contribution in [2.24, 2.45) is 7.05 Å². The van der Waals surface area contributed by atoms with Crippen LogP contribution in [0.15, 0.2) is 18.2 Å². The first kappa shape index (κ1) is 14.9. The van der Waals surface area contributed by atoms with Gasteiger partial charge in [-0.25, -0.2) is 4.39 Å². The maximum absolute atomic E-state index is 14.1. The van der Waals surface area contributed by atoms with E-state index in [0.29, 0.717) is 22.0 Å². The lowest BCUT2D eigenvalue weighted by molar-refractivity contribution is 0.631. The second kappa shape index (κ2) is 6.27. The second-order valence-corrected chi connectivity index (χ2v) is 5.29. The molecule has 3 nitrogen and oxygen atoms in total. The third-order valence-corrected chi connectivity index (χ3v) is 3.71. The van der Waals surface area contributed by atoms with Gasteiger partial charge in [0.15, 0.2) is 0 Å². The fraction of sp³-hybridized carbons (Fsp3) is 0.400. The molecule has 2 N–H and O–H groups in total. The van der Waals surface area contributed by atoms with Gasteiger partial charge in [-0.2, -0.15) is 5.10 Å². The smallest absolute Gasteiger partial charge is 0.132 e. The normalized spacial score (nSPS) is 11.0. The van der Waals surface area contributed by atoms with Crippen molar-refractivity contribution in [1.82, 2.24) is 9.78 Å². The number of aryl methyl sites for hydroxylation is 2. The predicted octanol–water partition coefficient (Wildman–Crippen LogP) is 4.19. The molecule has 0 saturated carbocycles. The van der Waals surface area contributed by atoms with E-state index >= 15 is 0 Å². The summed E-state index contributed by atoms with van der Waals surface area (Å²) in [7, 11) is 1.76. The van der Waals surface area contributed by atoms with Crippen LogP contribution >= 0.6 is 11.6 Å². The number of unbranched alkanes of at least 4 members (excludes halogenated alkanes) is 2. The SMILES string of the molecule is CCCCCc1nn(C)c(N)c1-c1c(F)cccc1Cl. The van der Waals surface area contributed by atoms with Gasteiger partial charge in [-0.1, -0.05) is 37.4 Å². The summed E-state index contributed by atoms with van der Waals surface area (Å²) in [6, 6.07) is 4.65. The molecule has 0 fully saturated rings. The van der Waals surface area contributed by atoms with Crippen LogP contribution in [0.2, 0.25) is 5.02 Å². The first-order chi connectivity index (χ1) is 9.56. The van der Waals surface area contributed by atoms with Crippen LogP contribution in [0, 0.1) is 5.82 Å². The lowest BCUT2D eigenvalue weighted by Gasteiger charge is -2.07. The number of aromatic nitrogens is 2. The van der Waals surface area contributed by atoms with Crippen molar-refractivity contribution in [3.63, 3.8) is 0 Å². The van der Waals surface area contributed by atoms with E-state index in [1.54, 1.807) is 23.9 Å². The molecule has 1 aromatic carbocycles. The summed E-state index contributed by atoms with van der Waals surface area (Å²) in [4.78, 5) is 0. The van der Waals surface area contributed by atoms with Crippen LogP contribution in [-0.2, 0) is 13.5 Å². The zero-order valence-corrected chi connectivity index (χ0v) is 12.5. The number of nitrogen functional groups attached to an aromatic ring is 1. The number of benzene rings is 1. The number of rotatable bonds is 5. The number of nitrogens with zero attached hydrogens (tertiary/aromatic N) is 2. The third kappa shape index (κ3) is 2.80. The van der Waals surface area contributed by atoms with E-state index in [9.17, 15) is 4.39 Å². The van der Waals surface area contributed by atoms with Gasteiger partial charge in [0.1, 0.15) is 11.6 Å². The lowest BCUT2D eigenvalue weighted by atomic mass is 10.0. The van der Waals surface area contributed by atoms with E-state index in [0.717, 1.165) is 31.4 Å². The summed E-state index contributed by atoms with van der Waals surface area (Å²) >= 11 is 6.15. The highest BCUT2D eigenvalue weighted by atomic mass is 35.5. The summed E-state index contributed by atoms with van der Waals surface area (Å²) in [5.41, 5.74) is 7.85. The summed E-state index contributed by atoms with van der Waals surface area (Å²) < 4.78 is 15.7. The van der Waals surface area contributed by atoms with Gasteiger partial charge >= 0.3 is 0 Å². The number of hydrogen-bond donors (Lipinski definition) is 1. The maximum Gasteiger partial charge on any atom is 0.132 e. The average molecular weight is 296 g/mol. The van der Waals surface area contributed by atoms with Crippen LogP contribution in [-0.4, -0.2) is 9.78 Å². The molecule has 0 unspecified atom stereocenters. The number of halogens is 2. The molecule has 2 aromatic rings. The van der Waals surface area contributed by atoms with Crippen LogP contribution in [0.1, 0.15) is 31.9 Å². The van der Waals surface area contributed by atoms with E-state index in [-0.39, 0.29) is 5.82 Å². The predicted molar refractivity (Wildman–Crippen MR) is 81.3 cm³/mol.